The van der Waals surface area contributed by atoms with E-state index in [9.17, 15) is 9.90 Å². The first-order valence-electron chi connectivity index (χ1n) is 5.59. The van der Waals surface area contributed by atoms with Crippen LogP contribution in [0.25, 0.3) is 10.9 Å². The largest absolute Gasteiger partial charge is 0.478 e. The highest BCUT2D eigenvalue weighted by Crippen LogP contribution is 2.28. The molecule has 0 spiro atoms. The van der Waals surface area contributed by atoms with E-state index in [2.05, 4.69) is 4.98 Å². The molecule has 1 aliphatic rings. The van der Waals surface area contributed by atoms with Crippen molar-refractivity contribution >= 4 is 28.5 Å². The summed E-state index contributed by atoms with van der Waals surface area (Å²) in [6.45, 7) is 0.883. The number of nitrogens with zero attached hydrogens (tertiary/aromatic N) is 1. The molecule has 0 unspecified atom stereocenters. The summed E-state index contributed by atoms with van der Waals surface area (Å²) in [5.41, 5.74) is 2.39. The number of carbonyl (C=O) groups is 1. The molecule has 0 amide bonds. The van der Waals surface area contributed by atoms with Crippen LogP contribution in [0.15, 0.2) is 18.2 Å². The van der Waals surface area contributed by atoms with E-state index in [0.717, 1.165) is 5.69 Å². The lowest BCUT2D eigenvalue weighted by Crippen LogP contribution is -2.17. The van der Waals surface area contributed by atoms with Crippen LogP contribution in [0.3, 0.4) is 0 Å². The van der Waals surface area contributed by atoms with Crippen LogP contribution >= 0.6 is 11.6 Å². The van der Waals surface area contributed by atoms with Crippen LogP contribution in [0.1, 0.15) is 21.6 Å². The standard InChI is InChI=1S/C13H10ClNO3/c14-7-1-2-8-11(5-7)15-10-3-4-18-6-9(10)12(8)13(16)17/h1-2,5H,3-4,6H2,(H,16,17). The molecule has 0 bridgehead atoms. The monoisotopic (exact) mass is 263 g/mol. The van der Waals surface area contributed by atoms with Gasteiger partial charge >= 0.3 is 5.97 Å². The molecule has 18 heavy (non-hydrogen) atoms. The number of pyridine rings is 1. The van der Waals surface area contributed by atoms with Crippen molar-refractivity contribution < 1.29 is 14.6 Å². The summed E-state index contributed by atoms with van der Waals surface area (Å²) in [5, 5.41) is 10.6. The quantitative estimate of drug-likeness (QED) is 0.859. The van der Waals surface area contributed by atoms with Gasteiger partial charge in [-0.1, -0.05) is 17.7 Å². The average Bonchev–Trinajstić information content (AvgIpc) is 2.35. The third kappa shape index (κ3) is 1.74. The summed E-state index contributed by atoms with van der Waals surface area (Å²) in [5.74, 6) is -0.952. The first-order chi connectivity index (χ1) is 8.66. The molecule has 1 aliphatic heterocycles. The number of aromatic nitrogens is 1. The maximum Gasteiger partial charge on any atom is 0.336 e. The van der Waals surface area contributed by atoms with Gasteiger partial charge in [-0.25, -0.2) is 4.79 Å². The van der Waals surface area contributed by atoms with Crippen molar-refractivity contribution in [3.8, 4) is 0 Å². The van der Waals surface area contributed by atoms with Gasteiger partial charge in [-0.15, -0.1) is 0 Å². The van der Waals surface area contributed by atoms with Crippen molar-refractivity contribution in [1.82, 2.24) is 4.98 Å². The number of fused-ring (bicyclic) bond motifs is 2. The summed E-state index contributed by atoms with van der Waals surface area (Å²) in [7, 11) is 0. The zero-order valence-corrected chi connectivity index (χ0v) is 10.2. The number of rotatable bonds is 1. The van der Waals surface area contributed by atoms with Crippen LogP contribution in [-0.2, 0) is 17.8 Å². The Bertz CT molecular complexity index is 654. The van der Waals surface area contributed by atoms with Gasteiger partial charge in [-0.05, 0) is 12.1 Å². The molecule has 2 heterocycles. The first kappa shape index (κ1) is 11.4. The zero-order chi connectivity index (χ0) is 12.7. The van der Waals surface area contributed by atoms with E-state index in [-0.39, 0.29) is 5.56 Å². The first-order valence-corrected chi connectivity index (χ1v) is 5.96. The van der Waals surface area contributed by atoms with Gasteiger partial charge in [0.1, 0.15) is 0 Å². The van der Waals surface area contributed by atoms with Gasteiger partial charge in [0.15, 0.2) is 0 Å². The third-order valence-electron chi connectivity index (χ3n) is 3.08. The van der Waals surface area contributed by atoms with Gasteiger partial charge in [0.25, 0.3) is 0 Å². The van der Waals surface area contributed by atoms with Crippen LogP contribution < -0.4 is 0 Å². The highest BCUT2D eigenvalue weighted by atomic mass is 35.5. The van der Waals surface area contributed by atoms with Gasteiger partial charge in [-0.3, -0.25) is 4.98 Å². The van der Waals surface area contributed by atoms with E-state index in [1.807, 2.05) is 0 Å². The van der Waals surface area contributed by atoms with Gasteiger partial charge in [-0.2, -0.15) is 0 Å². The maximum absolute atomic E-state index is 11.5. The highest BCUT2D eigenvalue weighted by molar-refractivity contribution is 6.31. The van der Waals surface area contributed by atoms with Crippen molar-refractivity contribution in [1.29, 1.82) is 0 Å². The van der Waals surface area contributed by atoms with Gasteiger partial charge in [0, 0.05) is 28.1 Å². The van der Waals surface area contributed by atoms with E-state index in [1.165, 1.54) is 0 Å². The number of hydrogen-bond acceptors (Lipinski definition) is 3. The Morgan fingerprint density at radius 1 is 1.44 bits per heavy atom. The Labute approximate surface area is 108 Å². The highest BCUT2D eigenvalue weighted by Gasteiger charge is 2.22. The van der Waals surface area contributed by atoms with Crippen molar-refractivity contribution in [3.05, 3.63) is 40.0 Å². The average molecular weight is 264 g/mol. The van der Waals surface area contributed by atoms with Crippen LogP contribution in [0.2, 0.25) is 5.02 Å². The molecule has 3 rings (SSSR count). The molecular weight excluding hydrogens is 254 g/mol. The maximum atomic E-state index is 11.5. The number of benzene rings is 1. The molecule has 5 heteroatoms. The Hall–Kier alpha value is -1.65. The predicted octanol–water partition coefficient (Wildman–Crippen LogP) is 2.66. The minimum absolute atomic E-state index is 0.284. The zero-order valence-electron chi connectivity index (χ0n) is 9.44. The normalized spacial score (nSPS) is 14.5. The number of ether oxygens (including phenoxy) is 1. The van der Waals surface area contributed by atoms with Crippen molar-refractivity contribution in [2.24, 2.45) is 0 Å². The second-order valence-corrected chi connectivity index (χ2v) is 4.62. The second-order valence-electron chi connectivity index (χ2n) is 4.18. The summed E-state index contributed by atoms with van der Waals surface area (Å²) in [4.78, 5) is 15.9. The molecule has 1 aromatic carbocycles. The van der Waals surface area contributed by atoms with E-state index >= 15 is 0 Å². The molecule has 0 saturated heterocycles. The van der Waals surface area contributed by atoms with Gasteiger partial charge in [0.05, 0.1) is 24.3 Å². The van der Waals surface area contributed by atoms with Crippen LogP contribution in [0.5, 0.6) is 0 Å². The van der Waals surface area contributed by atoms with Crippen LogP contribution in [-0.4, -0.2) is 22.7 Å². The molecule has 0 saturated carbocycles. The lowest BCUT2D eigenvalue weighted by molar-refractivity contribution is 0.0683. The molecule has 1 aromatic heterocycles. The summed E-state index contributed by atoms with van der Waals surface area (Å²) in [6.07, 6.45) is 0.637. The number of halogens is 1. The minimum atomic E-state index is -0.952. The molecule has 2 aromatic rings. The fourth-order valence-corrected chi connectivity index (χ4v) is 2.44. The van der Waals surface area contributed by atoms with E-state index < -0.39 is 5.97 Å². The lowest BCUT2D eigenvalue weighted by atomic mass is 9.98. The van der Waals surface area contributed by atoms with E-state index in [0.29, 0.717) is 41.1 Å². The molecule has 92 valence electrons. The molecule has 0 atom stereocenters. The summed E-state index contributed by atoms with van der Waals surface area (Å²) < 4.78 is 5.33. The van der Waals surface area contributed by atoms with Gasteiger partial charge < -0.3 is 9.84 Å². The fraction of sp³-hybridized carbons (Fsp3) is 0.231. The topological polar surface area (TPSA) is 59.4 Å². The lowest BCUT2D eigenvalue weighted by Gasteiger charge is -2.19. The fourth-order valence-electron chi connectivity index (χ4n) is 2.28. The summed E-state index contributed by atoms with van der Waals surface area (Å²) in [6, 6.07) is 5.07. The summed E-state index contributed by atoms with van der Waals surface area (Å²) >= 11 is 5.92. The second kappa shape index (κ2) is 4.23. The number of hydrogen-bond donors (Lipinski definition) is 1. The SMILES string of the molecule is O=C(O)c1c2c(nc3cc(Cl)ccc13)CCOC2. The molecule has 0 radical (unpaired) electrons. The third-order valence-corrected chi connectivity index (χ3v) is 3.31. The van der Waals surface area contributed by atoms with Crippen LogP contribution in [0.4, 0.5) is 0 Å². The molecule has 1 N–H and O–H groups in total. The van der Waals surface area contributed by atoms with Gasteiger partial charge in [0.2, 0.25) is 0 Å². The van der Waals surface area contributed by atoms with Crippen molar-refractivity contribution in [2.45, 2.75) is 13.0 Å². The predicted molar refractivity (Wildman–Crippen MR) is 67.1 cm³/mol. The molecule has 0 aliphatic carbocycles. The van der Waals surface area contributed by atoms with Crippen molar-refractivity contribution in [3.63, 3.8) is 0 Å². The van der Waals surface area contributed by atoms with E-state index in [4.69, 9.17) is 16.3 Å². The Morgan fingerprint density at radius 2 is 2.28 bits per heavy atom. The number of carboxylic acids is 1. The molecule has 4 nitrogen and oxygen atoms in total. The van der Waals surface area contributed by atoms with Crippen LogP contribution in [0, 0.1) is 0 Å². The van der Waals surface area contributed by atoms with Crippen molar-refractivity contribution in [2.75, 3.05) is 6.61 Å². The molecule has 0 fully saturated rings. The number of carboxylic acid groups (broad SMARTS) is 1. The minimum Gasteiger partial charge on any atom is -0.478 e. The Balaban J connectivity index is 2.40. The Morgan fingerprint density at radius 3 is 3.06 bits per heavy atom. The molecular formula is C13H10ClNO3. The number of aromatic carboxylic acids is 1. The van der Waals surface area contributed by atoms with E-state index in [1.54, 1.807) is 18.2 Å². The Kier molecular flexibility index (Phi) is 2.69. The smallest absolute Gasteiger partial charge is 0.336 e.